The number of nitrogens with one attached hydrogen (secondary N) is 1. The normalized spacial score (nSPS) is 17.4. The summed E-state index contributed by atoms with van der Waals surface area (Å²) < 4.78 is 51.1. The number of sulfonamides is 1. The SMILES string of the molecule is COc1ccc(NC(=O)C[C@H]2CCCCN2S(=O)(=O)c2ccc(F)cc2)c(OC)c1. The van der Waals surface area contributed by atoms with E-state index in [2.05, 4.69) is 5.32 Å². The Hall–Kier alpha value is -2.65. The minimum Gasteiger partial charge on any atom is -0.497 e. The van der Waals surface area contributed by atoms with Gasteiger partial charge in [0.2, 0.25) is 15.9 Å². The molecule has 1 saturated heterocycles. The van der Waals surface area contributed by atoms with E-state index in [1.807, 2.05) is 0 Å². The van der Waals surface area contributed by atoms with Crippen LogP contribution in [0.4, 0.5) is 10.1 Å². The van der Waals surface area contributed by atoms with E-state index in [0.717, 1.165) is 18.6 Å². The fourth-order valence-corrected chi connectivity index (χ4v) is 5.25. The molecule has 3 rings (SSSR count). The molecule has 9 heteroatoms. The van der Waals surface area contributed by atoms with Crippen LogP contribution in [0.2, 0.25) is 0 Å². The molecular formula is C21H25FN2O5S. The van der Waals surface area contributed by atoms with Gasteiger partial charge in [0, 0.05) is 25.1 Å². The zero-order chi connectivity index (χ0) is 21.7. The number of carbonyl (C=O) groups excluding carboxylic acids is 1. The molecule has 162 valence electrons. The van der Waals surface area contributed by atoms with Crippen molar-refractivity contribution < 1.29 is 27.1 Å². The Morgan fingerprint density at radius 3 is 2.53 bits per heavy atom. The lowest BCUT2D eigenvalue weighted by molar-refractivity contribution is -0.117. The molecule has 1 amide bonds. The van der Waals surface area contributed by atoms with Crippen LogP contribution in [0.3, 0.4) is 0 Å². The Balaban J connectivity index is 1.75. The number of carbonyl (C=O) groups is 1. The van der Waals surface area contributed by atoms with Crippen molar-refractivity contribution in [3.8, 4) is 11.5 Å². The molecule has 2 aromatic carbocycles. The lowest BCUT2D eigenvalue weighted by Crippen LogP contribution is -2.45. The van der Waals surface area contributed by atoms with E-state index >= 15 is 0 Å². The number of ether oxygens (including phenoxy) is 2. The van der Waals surface area contributed by atoms with Crippen molar-refractivity contribution >= 4 is 21.6 Å². The van der Waals surface area contributed by atoms with Gasteiger partial charge in [0.05, 0.1) is 24.8 Å². The second kappa shape index (κ2) is 9.44. The van der Waals surface area contributed by atoms with E-state index in [0.29, 0.717) is 36.6 Å². The molecule has 0 unspecified atom stereocenters. The van der Waals surface area contributed by atoms with Crippen LogP contribution < -0.4 is 14.8 Å². The maximum Gasteiger partial charge on any atom is 0.243 e. The third kappa shape index (κ3) is 4.91. The molecule has 1 aliphatic rings. The Bertz CT molecular complexity index is 995. The van der Waals surface area contributed by atoms with Gasteiger partial charge in [0.1, 0.15) is 17.3 Å². The van der Waals surface area contributed by atoms with Gasteiger partial charge in [-0.15, -0.1) is 0 Å². The first kappa shape index (κ1) is 22.0. The molecule has 0 saturated carbocycles. The number of amides is 1. The second-order valence-corrected chi connectivity index (χ2v) is 8.93. The van der Waals surface area contributed by atoms with Crippen LogP contribution in [-0.4, -0.2) is 45.4 Å². The van der Waals surface area contributed by atoms with Crippen LogP contribution in [0.15, 0.2) is 47.4 Å². The molecule has 2 aromatic rings. The van der Waals surface area contributed by atoms with E-state index in [1.54, 1.807) is 18.2 Å². The largest absolute Gasteiger partial charge is 0.497 e. The highest BCUT2D eigenvalue weighted by atomic mass is 32.2. The van der Waals surface area contributed by atoms with Crippen LogP contribution in [0.1, 0.15) is 25.7 Å². The van der Waals surface area contributed by atoms with Gasteiger partial charge < -0.3 is 14.8 Å². The van der Waals surface area contributed by atoms with Crippen LogP contribution in [0.25, 0.3) is 0 Å². The van der Waals surface area contributed by atoms with Crippen molar-refractivity contribution in [1.82, 2.24) is 4.31 Å². The standard InChI is InChI=1S/C21H25FN2O5S/c1-28-17-8-11-19(20(14-17)29-2)23-21(25)13-16-5-3-4-12-24(16)30(26,27)18-9-6-15(22)7-10-18/h6-11,14,16H,3-5,12-13H2,1-2H3,(H,23,25)/t16-/m1/s1. The smallest absolute Gasteiger partial charge is 0.243 e. The number of benzene rings is 2. The maximum atomic E-state index is 13.2. The van der Waals surface area contributed by atoms with Crippen LogP contribution in [0, 0.1) is 5.82 Å². The summed E-state index contributed by atoms with van der Waals surface area (Å²) in [7, 11) is -0.800. The first-order valence-electron chi connectivity index (χ1n) is 9.64. The molecule has 1 N–H and O–H groups in total. The van der Waals surface area contributed by atoms with Crippen molar-refractivity contribution in [2.45, 2.75) is 36.6 Å². The summed E-state index contributed by atoms with van der Waals surface area (Å²) in [6, 6.07) is 9.29. The molecule has 1 heterocycles. The molecule has 1 atom stereocenters. The van der Waals surface area contributed by atoms with E-state index in [1.165, 1.54) is 30.7 Å². The molecule has 7 nitrogen and oxygen atoms in total. The number of hydrogen-bond acceptors (Lipinski definition) is 5. The number of rotatable bonds is 7. The zero-order valence-corrected chi connectivity index (χ0v) is 17.7. The Morgan fingerprint density at radius 2 is 1.87 bits per heavy atom. The third-order valence-electron chi connectivity index (χ3n) is 5.10. The number of nitrogens with zero attached hydrogens (tertiary/aromatic N) is 1. The summed E-state index contributed by atoms with van der Waals surface area (Å²) in [5.74, 6) is 0.220. The molecule has 30 heavy (non-hydrogen) atoms. The predicted molar refractivity (Wildman–Crippen MR) is 111 cm³/mol. The highest BCUT2D eigenvalue weighted by Crippen LogP contribution is 2.31. The predicted octanol–water partition coefficient (Wildman–Crippen LogP) is 3.41. The van der Waals surface area contributed by atoms with Gasteiger partial charge in [-0.1, -0.05) is 6.42 Å². The summed E-state index contributed by atoms with van der Waals surface area (Å²) in [6.07, 6.45) is 2.13. The molecule has 1 fully saturated rings. The Kier molecular flexibility index (Phi) is 6.94. The monoisotopic (exact) mass is 436 g/mol. The lowest BCUT2D eigenvalue weighted by Gasteiger charge is -2.34. The molecule has 0 aliphatic carbocycles. The van der Waals surface area contributed by atoms with Crippen LogP contribution >= 0.6 is 0 Å². The number of piperidine rings is 1. The molecule has 0 spiro atoms. The fourth-order valence-electron chi connectivity index (χ4n) is 3.55. The van der Waals surface area contributed by atoms with E-state index in [9.17, 15) is 17.6 Å². The fraction of sp³-hybridized carbons (Fsp3) is 0.381. The van der Waals surface area contributed by atoms with Crippen molar-refractivity contribution in [3.05, 3.63) is 48.3 Å². The van der Waals surface area contributed by atoms with Crippen molar-refractivity contribution in [1.29, 1.82) is 0 Å². The van der Waals surface area contributed by atoms with Gasteiger partial charge in [-0.2, -0.15) is 4.31 Å². The summed E-state index contributed by atoms with van der Waals surface area (Å²) in [5, 5.41) is 2.79. The summed E-state index contributed by atoms with van der Waals surface area (Å²) >= 11 is 0. The van der Waals surface area contributed by atoms with Crippen molar-refractivity contribution in [3.63, 3.8) is 0 Å². The number of methoxy groups -OCH3 is 2. The van der Waals surface area contributed by atoms with Crippen LogP contribution in [-0.2, 0) is 14.8 Å². The quantitative estimate of drug-likeness (QED) is 0.719. The molecule has 1 aliphatic heterocycles. The van der Waals surface area contributed by atoms with E-state index < -0.39 is 21.9 Å². The highest BCUT2D eigenvalue weighted by Gasteiger charge is 2.34. The van der Waals surface area contributed by atoms with Crippen LogP contribution in [0.5, 0.6) is 11.5 Å². The van der Waals surface area contributed by atoms with E-state index in [4.69, 9.17) is 9.47 Å². The Labute approximate surface area is 175 Å². The minimum absolute atomic E-state index is 0.00953. The topological polar surface area (TPSA) is 84.9 Å². The zero-order valence-electron chi connectivity index (χ0n) is 16.9. The van der Waals surface area contributed by atoms with Gasteiger partial charge in [-0.3, -0.25) is 4.79 Å². The molecular weight excluding hydrogens is 411 g/mol. The summed E-state index contributed by atoms with van der Waals surface area (Å²) in [5.41, 5.74) is 0.479. The van der Waals surface area contributed by atoms with Gasteiger partial charge in [-0.05, 0) is 49.2 Å². The third-order valence-corrected chi connectivity index (χ3v) is 7.06. The number of hydrogen-bond donors (Lipinski definition) is 1. The highest BCUT2D eigenvalue weighted by molar-refractivity contribution is 7.89. The molecule has 0 bridgehead atoms. The lowest BCUT2D eigenvalue weighted by atomic mass is 10.0. The number of anilines is 1. The first-order chi connectivity index (χ1) is 14.3. The van der Waals surface area contributed by atoms with Gasteiger partial charge >= 0.3 is 0 Å². The van der Waals surface area contributed by atoms with Gasteiger partial charge in [0.15, 0.2) is 0 Å². The Morgan fingerprint density at radius 1 is 1.13 bits per heavy atom. The molecule has 0 radical (unpaired) electrons. The summed E-state index contributed by atoms with van der Waals surface area (Å²) in [6.45, 7) is 0.323. The van der Waals surface area contributed by atoms with Gasteiger partial charge in [0.25, 0.3) is 0 Å². The van der Waals surface area contributed by atoms with E-state index in [-0.39, 0.29) is 17.2 Å². The average Bonchev–Trinajstić information content (AvgIpc) is 2.74. The summed E-state index contributed by atoms with van der Waals surface area (Å²) in [4.78, 5) is 12.7. The van der Waals surface area contributed by atoms with Crippen molar-refractivity contribution in [2.24, 2.45) is 0 Å². The average molecular weight is 437 g/mol. The van der Waals surface area contributed by atoms with Crippen molar-refractivity contribution in [2.75, 3.05) is 26.1 Å². The van der Waals surface area contributed by atoms with Gasteiger partial charge in [-0.25, -0.2) is 12.8 Å². The first-order valence-corrected chi connectivity index (χ1v) is 11.1. The maximum absolute atomic E-state index is 13.2. The second-order valence-electron chi connectivity index (χ2n) is 7.04. The molecule has 0 aromatic heterocycles. The number of halogens is 1. The minimum atomic E-state index is -3.82.